The Morgan fingerprint density at radius 2 is 2.20 bits per heavy atom. The summed E-state index contributed by atoms with van der Waals surface area (Å²) >= 11 is 5.14. The van der Waals surface area contributed by atoms with Crippen LogP contribution in [0.25, 0.3) is 0 Å². The second-order valence-electron chi connectivity index (χ2n) is 1.72. The molecule has 0 N–H and O–H groups in total. The smallest absolute Gasteiger partial charge is 0.226 e. The Bertz CT molecular complexity index is 231. The third-order valence-electron chi connectivity index (χ3n) is 0.951. The Morgan fingerprint density at radius 3 is 2.40 bits per heavy atom. The summed E-state index contributed by atoms with van der Waals surface area (Å²) in [7, 11) is 0. The van der Waals surface area contributed by atoms with Crippen molar-refractivity contribution in [2.24, 2.45) is 0 Å². The van der Waals surface area contributed by atoms with Gasteiger partial charge in [-0.1, -0.05) is 12.6 Å². The standard InChI is InChI=1S/C6H6OS2.BrH/c1-4-2-3-5(9-4)6(7)8;/h2-3H,1H3,(H,7,8);1H. The number of carbonyl (C=O) groups is 1. The monoisotopic (exact) mass is 238 g/mol. The normalized spacial score (nSPS) is 8.60. The SMILES string of the molecule is Br.Cc1ccc(C(=O)S)s1. The summed E-state index contributed by atoms with van der Waals surface area (Å²) in [6, 6.07) is 3.70. The number of halogens is 1. The third kappa shape index (κ3) is 2.44. The van der Waals surface area contributed by atoms with Crippen LogP contribution in [0, 0.1) is 6.92 Å². The second-order valence-corrected chi connectivity index (χ2v) is 3.41. The van der Waals surface area contributed by atoms with E-state index in [9.17, 15) is 4.79 Å². The van der Waals surface area contributed by atoms with Crippen molar-refractivity contribution in [1.82, 2.24) is 0 Å². The zero-order valence-corrected chi connectivity index (χ0v) is 8.75. The summed E-state index contributed by atoms with van der Waals surface area (Å²) in [6.45, 7) is 1.96. The predicted octanol–water partition coefficient (Wildman–Crippen LogP) is 2.70. The number of carbonyl (C=O) groups excluding carboxylic acids is 1. The molecule has 0 atom stereocenters. The Balaban J connectivity index is 0.000000810. The average molecular weight is 239 g/mol. The van der Waals surface area contributed by atoms with Gasteiger partial charge in [0, 0.05) is 4.88 Å². The van der Waals surface area contributed by atoms with Crippen LogP contribution < -0.4 is 0 Å². The molecule has 0 aliphatic heterocycles. The molecule has 0 unspecified atom stereocenters. The molecule has 0 amide bonds. The molecule has 0 saturated carbocycles. The van der Waals surface area contributed by atoms with Gasteiger partial charge in [-0.2, -0.15) is 0 Å². The van der Waals surface area contributed by atoms with Crippen LogP contribution in [0.4, 0.5) is 0 Å². The van der Waals surface area contributed by atoms with E-state index in [1.54, 1.807) is 6.07 Å². The number of hydrogen-bond donors (Lipinski definition) is 1. The van der Waals surface area contributed by atoms with Crippen LogP contribution in [0.2, 0.25) is 0 Å². The quantitative estimate of drug-likeness (QED) is 0.745. The van der Waals surface area contributed by atoms with Crippen LogP contribution >= 0.6 is 40.9 Å². The van der Waals surface area contributed by atoms with Crippen molar-refractivity contribution in [2.75, 3.05) is 0 Å². The fraction of sp³-hybridized carbons (Fsp3) is 0.167. The van der Waals surface area contributed by atoms with E-state index in [4.69, 9.17) is 0 Å². The van der Waals surface area contributed by atoms with Gasteiger partial charge in [-0.15, -0.1) is 28.3 Å². The maximum absolute atomic E-state index is 10.5. The van der Waals surface area contributed by atoms with Crippen molar-refractivity contribution in [2.45, 2.75) is 6.92 Å². The van der Waals surface area contributed by atoms with E-state index in [0.29, 0.717) is 0 Å². The van der Waals surface area contributed by atoms with Gasteiger partial charge >= 0.3 is 0 Å². The van der Waals surface area contributed by atoms with Gasteiger partial charge in [-0.25, -0.2) is 0 Å². The summed E-state index contributed by atoms with van der Waals surface area (Å²) in [6.07, 6.45) is 0. The lowest BCUT2D eigenvalue weighted by Gasteiger charge is -1.80. The summed E-state index contributed by atoms with van der Waals surface area (Å²) in [4.78, 5) is 12.4. The summed E-state index contributed by atoms with van der Waals surface area (Å²) in [5, 5.41) is -0.145. The first-order valence-corrected chi connectivity index (χ1v) is 3.76. The number of aryl methyl sites for hydroxylation is 1. The molecule has 4 heteroatoms. The van der Waals surface area contributed by atoms with E-state index in [1.807, 2.05) is 13.0 Å². The summed E-state index contributed by atoms with van der Waals surface area (Å²) in [5.41, 5.74) is 0. The van der Waals surface area contributed by atoms with Crippen LogP contribution in [0.5, 0.6) is 0 Å². The van der Waals surface area contributed by atoms with Crippen molar-refractivity contribution in [3.63, 3.8) is 0 Å². The maximum Gasteiger partial charge on any atom is 0.226 e. The lowest BCUT2D eigenvalue weighted by Crippen LogP contribution is -1.78. The Morgan fingerprint density at radius 1 is 1.60 bits per heavy atom. The molecule has 0 aliphatic carbocycles. The van der Waals surface area contributed by atoms with Crippen LogP contribution in [0.3, 0.4) is 0 Å². The molecule has 0 saturated heterocycles. The topological polar surface area (TPSA) is 17.1 Å². The highest BCUT2D eigenvalue weighted by Crippen LogP contribution is 2.16. The Hall–Kier alpha value is 0.200. The molecule has 1 aromatic rings. The molecule has 0 radical (unpaired) electrons. The molecule has 1 nitrogen and oxygen atoms in total. The van der Waals surface area contributed by atoms with E-state index in [1.165, 1.54) is 11.3 Å². The van der Waals surface area contributed by atoms with E-state index in [2.05, 4.69) is 12.6 Å². The van der Waals surface area contributed by atoms with Gasteiger partial charge in [0.2, 0.25) is 5.12 Å². The minimum Gasteiger partial charge on any atom is -0.281 e. The highest BCUT2D eigenvalue weighted by atomic mass is 79.9. The van der Waals surface area contributed by atoms with Crippen molar-refractivity contribution in [1.29, 1.82) is 0 Å². The first kappa shape index (κ1) is 10.2. The molecule has 0 aromatic carbocycles. The van der Waals surface area contributed by atoms with Crippen molar-refractivity contribution >= 4 is 46.1 Å². The summed E-state index contributed by atoms with van der Waals surface area (Å²) in [5.74, 6) is 0. The molecule has 1 heterocycles. The van der Waals surface area contributed by atoms with Gasteiger partial charge in [0.25, 0.3) is 0 Å². The van der Waals surface area contributed by atoms with Crippen molar-refractivity contribution in [3.8, 4) is 0 Å². The van der Waals surface area contributed by atoms with E-state index in [0.717, 1.165) is 9.75 Å². The van der Waals surface area contributed by atoms with Crippen LogP contribution in [-0.2, 0) is 0 Å². The Kier molecular flexibility index (Phi) is 4.24. The highest BCUT2D eigenvalue weighted by Gasteiger charge is 2.00. The number of thiophene rings is 1. The fourth-order valence-electron chi connectivity index (χ4n) is 0.549. The van der Waals surface area contributed by atoms with Gasteiger partial charge in [-0.05, 0) is 19.1 Å². The van der Waals surface area contributed by atoms with E-state index < -0.39 is 0 Å². The Labute approximate surface area is 79.6 Å². The van der Waals surface area contributed by atoms with Crippen LogP contribution in [0.1, 0.15) is 14.5 Å². The molecular weight excluding hydrogens is 232 g/mol. The van der Waals surface area contributed by atoms with E-state index in [-0.39, 0.29) is 22.1 Å². The lowest BCUT2D eigenvalue weighted by atomic mass is 10.4. The molecular formula is C6H7BrOS2. The minimum atomic E-state index is -0.145. The number of rotatable bonds is 1. The van der Waals surface area contributed by atoms with Gasteiger partial charge in [-0.3, -0.25) is 4.79 Å². The number of hydrogen-bond acceptors (Lipinski definition) is 2. The first-order chi connectivity index (χ1) is 4.20. The molecule has 0 aliphatic rings. The molecule has 1 aromatic heterocycles. The molecule has 56 valence electrons. The first-order valence-electron chi connectivity index (χ1n) is 2.50. The zero-order chi connectivity index (χ0) is 6.85. The largest absolute Gasteiger partial charge is 0.281 e. The van der Waals surface area contributed by atoms with E-state index >= 15 is 0 Å². The lowest BCUT2D eigenvalue weighted by molar-refractivity contribution is 0.109. The van der Waals surface area contributed by atoms with Gasteiger partial charge < -0.3 is 0 Å². The number of thiol groups is 1. The fourth-order valence-corrected chi connectivity index (χ4v) is 1.47. The van der Waals surface area contributed by atoms with Gasteiger partial charge in [0.15, 0.2) is 0 Å². The van der Waals surface area contributed by atoms with Crippen LogP contribution in [-0.4, -0.2) is 5.12 Å². The average Bonchev–Trinajstić information content (AvgIpc) is 2.14. The van der Waals surface area contributed by atoms with Gasteiger partial charge in [0.05, 0.1) is 4.88 Å². The molecule has 10 heavy (non-hydrogen) atoms. The van der Waals surface area contributed by atoms with Crippen molar-refractivity contribution in [3.05, 3.63) is 21.9 Å². The minimum absolute atomic E-state index is 0. The van der Waals surface area contributed by atoms with Crippen LogP contribution in [0.15, 0.2) is 12.1 Å². The second kappa shape index (κ2) is 4.16. The maximum atomic E-state index is 10.5. The summed E-state index contributed by atoms with van der Waals surface area (Å²) < 4.78 is 0. The highest BCUT2D eigenvalue weighted by molar-refractivity contribution is 8.93. The third-order valence-corrected chi connectivity index (χ3v) is 2.34. The molecule has 0 spiro atoms. The zero-order valence-electron chi connectivity index (χ0n) is 5.33. The van der Waals surface area contributed by atoms with Gasteiger partial charge in [0.1, 0.15) is 0 Å². The molecule has 0 fully saturated rings. The molecule has 0 bridgehead atoms. The van der Waals surface area contributed by atoms with Crippen molar-refractivity contribution < 1.29 is 4.79 Å². The predicted molar refractivity (Wildman–Crippen MR) is 52.7 cm³/mol. The molecule has 1 rings (SSSR count).